The van der Waals surface area contributed by atoms with Gasteiger partial charge >= 0.3 is 13.8 Å². The number of quaternary nitrogens is 1. The number of carbonyl (C=O) groups is 1. The first kappa shape index (κ1) is 62.4. The largest absolute Gasteiger partial charge is 0.472 e. The molecule has 2 unspecified atom stereocenters. The first-order valence-electron chi connectivity index (χ1n) is 26.0. The van der Waals surface area contributed by atoms with E-state index in [1.807, 2.05) is 21.1 Å². The van der Waals surface area contributed by atoms with E-state index < -0.39 is 13.9 Å². The molecule has 9 heteroatoms. The van der Waals surface area contributed by atoms with E-state index in [1.54, 1.807) is 0 Å². The van der Waals surface area contributed by atoms with E-state index in [1.165, 1.54) is 83.5 Å². The highest BCUT2D eigenvalue weighted by atomic mass is 31.2. The van der Waals surface area contributed by atoms with Gasteiger partial charge < -0.3 is 18.9 Å². The molecule has 0 saturated carbocycles. The van der Waals surface area contributed by atoms with Crippen LogP contribution in [0.25, 0.3) is 0 Å². The first-order chi connectivity index (χ1) is 31.6. The number of esters is 1. The second kappa shape index (κ2) is 47.9. The Kier molecular flexibility index (Phi) is 46.0. The molecule has 374 valence electrons. The minimum atomic E-state index is -4.30. The Hall–Kier alpha value is -2.58. The van der Waals surface area contributed by atoms with Crippen molar-refractivity contribution in [3.05, 3.63) is 97.2 Å². The summed E-state index contributed by atoms with van der Waals surface area (Å²) in [6, 6.07) is 0. The van der Waals surface area contributed by atoms with Crippen LogP contribution in [0, 0.1) is 0 Å². The summed E-state index contributed by atoms with van der Waals surface area (Å²) in [5, 5.41) is 0. The number of carbonyl (C=O) groups excluding carboxylic acids is 1. The molecule has 0 fully saturated rings. The fourth-order valence-electron chi connectivity index (χ4n) is 6.64. The maximum absolute atomic E-state index is 12.8. The van der Waals surface area contributed by atoms with Crippen molar-refractivity contribution in [2.45, 2.75) is 200 Å². The van der Waals surface area contributed by atoms with E-state index in [2.05, 4.69) is 111 Å². The molecule has 65 heavy (non-hydrogen) atoms. The average molecular weight is 929 g/mol. The number of ether oxygens (including phenoxy) is 2. The summed E-state index contributed by atoms with van der Waals surface area (Å²) in [6.45, 7) is 5.40. The fraction of sp³-hybridized carbons (Fsp3) is 0.696. The minimum absolute atomic E-state index is 0.0754. The summed E-state index contributed by atoms with van der Waals surface area (Å²) >= 11 is 0. The molecule has 0 bridgehead atoms. The predicted molar refractivity (Wildman–Crippen MR) is 279 cm³/mol. The van der Waals surface area contributed by atoms with Crippen LogP contribution < -0.4 is 0 Å². The normalized spacial score (nSPS) is 14.4. The van der Waals surface area contributed by atoms with Crippen LogP contribution in [0.3, 0.4) is 0 Å². The molecule has 0 aromatic carbocycles. The lowest BCUT2D eigenvalue weighted by atomic mass is 10.1. The van der Waals surface area contributed by atoms with Gasteiger partial charge in [-0.15, -0.1) is 0 Å². The van der Waals surface area contributed by atoms with Gasteiger partial charge in [0, 0.05) is 13.0 Å². The van der Waals surface area contributed by atoms with Crippen molar-refractivity contribution in [1.29, 1.82) is 0 Å². The average Bonchev–Trinajstić information content (AvgIpc) is 3.27. The fourth-order valence-corrected chi connectivity index (χ4v) is 7.39. The highest BCUT2D eigenvalue weighted by Gasteiger charge is 2.26. The highest BCUT2D eigenvalue weighted by molar-refractivity contribution is 7.47. The Morgan fingerprint density at radius 2 is 0.892 bits per heavy atom. The molecule has 0 heterocycles. The lowest BCUT2D eigenvalue weighted by molar-refractivity contribution is -0.870. The summed E-state index contributed by atoms with van der Waals surface area (Å²) < 4.78 is 35.1. The Balaban J connectivity index is 4.25. The number of allylic oxidation sites excluding steroid dienone is 16. The van der Waals surface area contributed by atoms with E-state index in [0.29, 0.717) is 24.1 Å². The third kappa shape index (κ3) is 52.3. The monoisotopic (exact) mass is 929 g/mol. The Labute approximate surface area is 400 Å². The number of likely N-dealkylation sites (N-methyl/N-ethyl adjacent to an activating group) is 1. The zero-order valence-electron chi connectivity index (χ0n) is 42.4. The van der Waals surface area contributed by atoms with Crippen molar-refractivity contribution in [2.24, 2.45) is 0 Å². The van der Waals surface area contributed by atoms with Gasteiger partial charge in [-0.2, -0.15) is 0 Å². The van der Waals surface area contributed by atoms with Crippen LogP contribution >= 0.6 is 7.82 Å². The second-order valence-corrected chi connectivity index (χ2v) is 19.6. The first-order valence-corrected chi connectivity index (χ1v) is 27.5. The van der Waals surface area contributed by atoms with Gasteiger partial charge in [-0.25, -0.2) is 4.57 Å². The summed E-state index contributed by atoms with van der Waals surface area (Å²) in [5.41, 5.74) is 0. The third-order valence-corrected chi connectivity index (χ3v) is 11.6. The molecule has 1 N–H and O–H groups in total. The maximum atomic E-state index is 12.8. The van der Waals surface area contributed by atoms with Gasteiger partial charge in [0.1, 0.15) is 19.3 Å². The van der Waals surface area contributed by atoms with Crippen molar-refractivity contribution >= 4 is 13.8 Å². The van der Waals surface area contributed by atoms with Crippen LogP contribution in [0.4, 0.5) is 0 Å². The number of hydrogen-bond acceptors (Lipinski definition) is 6. The minimum Gasteiger partial charge on any atom is -0.457 e. The second-order valence-electron chi connectivity index (χ2n) is 18.2. The van der Waals surface area contributed by atoms with Crippen LogP contribution in [-0.2, 0) is 27.9 Å². The van der Waals surface area contributed by atoms with Gasteiger partial charge in [-0.05, 0) is 96.3 Å². The maximum Gasteiger partial charge on any atom is 0.472 e. The molecule has 0 aliphatic rings. The van der Waals surface area contributed by atoms with E-state index in [4.69, 9.17) is 18.5 Å². The number of phosphoric ester groups is 1. The number of phosphoric acid groups is 1. The van der Waals surface area contributed by atoms with Crippen molar-refractivity contribution < 1.29 is 37.3 Å². The molecular weight excluding hydrogens is 830 g/mol. The standard InChI is InChI=1S/C56H98NO7P/c1-6-8-10-12-14-16-18-20-22-24-26-28-30-32-34-36-38-40-42-44-46-48-51-61-53-55(54-63-65(59,60)62-52-50-57(3,4)5)64-56(58)49-47-45-43-41-39-37-35-33-31-29-27-25-23-21-19-17-15-13-11-9-7-2/h8,10,14,16,19-22,25-28,32,34,38,40,55H,6-7,9,11-13,15,17-18,23-24,29-31,33,35-37,39,41-54H2,1-5H3/p+1/b10-8-,16-14-,21-19-,22-20-,27-25-,28-26-,34-32-,40-38-. The molecule has 0 aliphatic carbocycles. The Morgan fingerprint density at radius 1 is 0.492 bits per heavy atom. The Morgan fingerprint density at radius 3 is 1.34 bits per heavy atom. The van der Waals surface area contributed by atoms with Gasteiger partial charge in [0.05, 0.1) is 34.4 Å². The van der Waals surface area contributed by atoms with Crippen LogP contribution in [0.1, 0.15) is 194 Å². The van der Waals surface area contributed by atoms with Crippen molar-refractivity contribution in [1.82, 2.24) is 0 Å². The summed E-state index contributed by atoms with van der Waals surface area (Å²) in [4.78, 5) is 23.0. The molecule has 0 aromatic heterocycles. The molecule has 0 aliphatic heterocycles. The summed E-state index contributed by atoms with van der Waals surface area (Å²) in [5.74, 6) is -0.333. The number of rotatable bonds is 47. The van der Waals surface area contributed by atoms with Crippen molar-refractivity contribution in [2.75, 3.05) is 54.1 Å². The van der Waals surface area contributed by atoms with E-state index >= 15 is 0 Å². The van der Waals surface area contributed by atoms with E-state index in [0.717, 1.165) is 89.9 Å². The topological polar surface area (TPSA) is 91.3 Å². The van der Waals surface area contributed by atoms with Gasteiger partial charge in [-0.3, -0.25) is 13.8 Å². The summed E-state index contributed by atoms with van der Waals surface area (Å²) in [7, 11) is 1.63. The molecule has 0 saturated heterocycles. The SMILES string of the molecule is CC/C=C\C/C=C\C/C=C\C/C=C\C/C=C\C/C=C\CCCCCOCC(COP(=O)(O)OCC[N+](C)(C)C)OC(=O)CCCCCCCCCCC/C=C\C/C=C\CCCCCCC. The lowest BCUT2D eigenvalue weighted by Gasteiger charge is -2.24. The molecule has 2 atom stereocenters. The molecule has 0 aromatic rings. The van der Waals surface area contributed by atoms with Crippen molar-refractivity contribution in [3.8, 4) is 0 Å². The lowest BCUT2D eigenvalue weighted by Crippen LogP contribution is -2.37. The molecule has 0 spiro atoms. The number of unbranched alkanes of at least 4 members (excludes halogenated alkanes) is 17. The molecule has 0 amide bonds. The number of hydrogen-bond donors (Lipinski definition) is 1. The van der Waals surface area contributed by atoms with Gasteiger partial charge in [-0.1, -0.05) is 188 Å². The van der Waals surface area contributed by atoms with Gasteiger partial charge in [0.25, 0.3) is 0 Å². The number of nitrogens with zero attached hydrogens (tertiary/aromatic N) is 1. The molecular formula is C56H99NO7P+. The van der Waals surface area contributed by atoms with Crippen LogP contribution in [-0.4, -0.2) is 75.6 Å². The van der Waals surface area contributed by atoms with Crippen LogP contribution in [0.5, 0.6) is 0 Å². The predicted octanol–water partition coefficient (Wildman–Crippen LogP) is 16.2. The quantitative estimate of drug-likeness (QED) is 0.0214. The van der Waals surface area contributed by atoms with Crippen LogP contribution in [0.2, 0.25) is 0 Å². The Bertz CT molecular complexity index is 1360. The molecule has 0 rings (SSSR count). The zero-order valence-corrected chi connectivity index (χ0v) is 43.3. The van der Waals surface area contributed by atoms with E-state index in [9.17, 15) is 14.3 Å². The smallest absolute Gasteiger partial charge is 0.457 e. The zero-order chi connectivity index (χ0) is 47.6. The summed E-state index contributed by atoms with van der Waals surface area (Å²) in [6.07, 6.45) is 66.0. The highest BCUT2D eigenvalue weighted by Crippen LogP contribution is 2.43. The molecule has 0 radical (unpaired) electrons. The molecule has 8 nitrogen and oxygen atoms in total. The van der Waals surface area contributed by atoms with Crippen molar-refractivity contribution in [3.63, 3.8) is 0 Å². The van der Waals surface area contributed by atoms with E-state index in [-0.39, 0.29) is 25.8 Å². The van der Waals surface area contributed by atoms with Crippen LogP contribution in [0.15, 0.2) is 97.2 Å². The van der Waals surface area contributed by atoms with Gasteiger partial charge in [0.2, 0.25) is 0 Å². The third-order valence-electron chi connectivity index (χ3n) is 10.6. The van der Waals surface area contributed by atoms with Gasteiger partial charge in [0.15, 0.2) is 0 Å².